The predicted molar refractivity (Wildman–Crippen MR) is 80.4 cm³/mol. The SMILES string of the molecule is Cn1cnnc1CN1CCC(C(O)c2ccccc2)CC1. The number of rotatable bonds is 4. The summed E-state index contributed by atoms with van der Waals surface area (Å²) in [7, 11) is 1.97. The molecular weight excluding hydrogens is 264 g/mol. The fourth-order valence-corrected chi connectivity index (χ4v) is 3.00. The Labute approximate surface area is 125 Å². The molecule has 1 aromatic carbocycles. The molecule has 5 nitrogen and oxygen atoms in total. The van der Waals surface area contributed by atoms with E-state index < -0.39 is 0 Å². The minimum absolute atomic E-state index is 0.344. The van der Waals surface area contributed by atoms with Gasteiger partial charge in [-0.1, -0.05) is 30.3 Å². The van der Waals surface area contributed by atoms with Gasteiger partial charge in [-0.2, -0.15) is 0 Å². The molecule has 0 spiro atoms. The number of aliphatic hydroxyl groups excluding tert-OH is 1. The molecule has 1 fully saturated rings. The molecule has 2 heterocycles. The first kappa shape index (κ1) is 14.2. The van der Waals surface area contributed by atoms with Gasteiger partial charge in [-0.15, -0.1) is 10.2 Å². The van der Waals surface area contributed by atoms with Gasteiger partial charge in [-0.3, -0.25) is 4.90 Å². The molecule has 1 unspecified atom stereocenters. The summed E-state index contributed by atoms with van der Waals surface area (Å²) in [6, 6.07) is 9.98. The Balaban J connectivity index is 1.54. The number of likely N-dealkylation sites (tertiary alicyclic amines) is 1. The Kier molecular flexibility index (Phi) is 4.31. The van der Waals surface area contributed by atoms with E-state index in [4.69, 9.17) is 0 Å². The Morgan fingerprint density at radius 3 is 2.57 bits per heavy atom. The van der Waals surface area contributed by atoms with Crippen LogP contribution in [0.15, 0.2) is 36.7 Å². The summed E-state index contributed by atoms with van der Waals surface area (Å²) in [5.74, 6) is 1.35. The molecule has 5 heteroatoms. The van der Waals surface area contributed by atoms with Gasteiger partial charge in [0, 0.05) is 7.05 Å². The van der Waals surface area contributed by atoms with Gasteiger partial charge in [0.05, 0.1) is 12.6 Å². The van der Waals surface area contributed by atoms with Crippen LogP contribution in [0.25, 0.3) is 0 Å². The largest absolute Gasteiger partial charge is 0.388 e. The van der Waals surface area contributed by atoms with Crippen molar-refractivity contribution in [1.82, 2.24) is 19.7 Å². The number of nitrogens with zero attached hydrogens (tertiary/aromatic N) is 4. The van der Waals surface area contributed by atoms with E-state index in [9.17, 15) is 5.11 Å². The minimum Gasteiger partial charge on any atom is -0.388 e. The van der Waals surface area contributed by atoms with Crippen LogP contribution in [0.4, 0.5) is 0 Å². The van der Waals surface area contributed by atoms with E-state index >= 15 is 0 Å². The van der Waals surface area contributed by atoms with E-state index in [0.717, 1.165) is 43.9 Å². The molecule has 0 radical (unpaired) electrons. The molecule has 3 rings (SSSR count). The summed E-state index contributed by atoms with van der Waals surface area (Å²) < 4.78 is 1.96. The van der Waals surface area contributed by atoms with Crippen molar-refractivity contribution in [3.63, 3.8) is 0 Å². The van der Waals surface area contributed by atoms with Crippen molar-refractivity contribution >= 4 is 0 Å². The molecule has 21 heavy (non-hydrogen) atoms. The topological polar surface area (TPSA) is 54.2 Å². The van der Waals surface area contributed by atoms with Gasteiger partial charge in [0.25, 0.3) is 0 Å². The first-order valence-electron chi connectivity index (χ1n) is 7.52. The zero-order chi connectivity index (χ0) is 14.7. The third kappa shape index (κ3) is 3.31. The summed E-state index contributed by atoms with van der Waals surface area (Å²) in [5.41, 5.74) is 1.03. The highest BCUT2D eigenvalue weighted by atomic mass is 16.3. The van der Waals surface area contributed by atoms with Gasteiger partial charge < -0.3 is 9.67 Å². The van der Waals surface area contributed by atoms with Crippen LogP contribution in [0.2, 0.25) is 0 Å². The number of benzene rings is 1. The maximum atomic E-state index is 10.5. The summed E-state index contributed by atoms with van der Waals surface area (Å²) in [4.78, 5) is 2.39. The lowest BCUT2D eigenvalue weighted by Gasteiger charge is -2.34. The van der Waals surface area contributed by atoms with Crippen LogP contribution in [-0.2, 0) is 13.6 Å². The summed E-state index contributed by atoms with van der Waals surface area (Å²) in [5, 5.41) is 18.5. The van der Waals surface area contributed by atoms with Crippen LogP contribution < -0.4 is 0 Å². The Hall–Kier alpha value is -1.72. The standard InChI is InChI=1S/C16H22N4O/c1-19-12-17-18-15(19)11-20-9-7-14(8-10-20)16(21)13-5-3-2-4-6-13/h2-6,12,14,16,21H,7-11H2,1H3. The van der Waals surface area contributed by atoms with Crippen molar-refractivity contribution in [2.45, 2.75) is 25.5 Å². The van der Waals surface area contributed by atoms with Crippen molar-refractivity contribution in [3.8, 4) is 0 Å². The fourth-order valence-electron chi connectivity index (χ4n) is 3.00. The highest BCUT2D eigenvalue weighted by Gasteiger charge is 2.26. The van der Waals surface area contributed by atoms with E-state index in [1.807, 2.05) is 41.9 Å². The van der Waals surface area contributed by atoms with Gasteiger partial charge in [-0.25, -0.2) is 0 Å². The van der Waals surface area contributed by atoms with E-state index in [1.54, 1.807) is 6.33 Å². The van der Waals surface area contributed by atoms with Crippen LogP contribution in [0.3, 0.4) is 0 Å². The highest BCUT2D eigenvalue weighted by Crippen LogP contribution is 2.30. The van der Waals surface area contributed by atoms with Gasteiger partial charge in [0.15, 0.2) is 0 Å². The Morgan fingerprint density at radius 1 is 1.24 bits per heavy atom. The van der Waals surface area contributed by atoms with Crippen LogP contribution in [0.1, 0.15) is 30.3 Å². The van der Waals surface area contributed by atoms with Crippen molar-refractivity contribution in [2.24, 2.45) is 13.0 Å². The average molecular weight is 286 g/mol. The lowest BCUT2D eigenvalue weighted by atomic mass is 9.87. The van der Waals surface area contributed by atoms with Crippen LogP contribution >= 0.6 is 0 Å². The number of aromatic nitrogens is 3. The average Bonchev–Trinajstić information content (AvgIpc) is 2.93. The molecule has 2 aromatic rings. The summed E-state index contributed by atoms with van der Waals surface area (Å²) in [6.07, 6.45) is 3.44. The van der Waals surface area contributed by atoms with Crippen molar-refractivity contribution in [1.29, 1.82) is 0 Å². The highest BCUT2D eigenvalue weighted by molar-refractivity contribution is 5.18. The van der Waals surface area contributed by atoms with Crippen LogP contribution in [-0.4, -0.2) is 37.9 Å². The maximum absolute atomic E-state index is 10.5. The third-order valence-corrected chi connectivity index (χ3v) is 4.39. The molecule has 1 atom stereocenters. The number of aryl methyl sites for hydroxylation is 1. The second-order valence-corrected chi connectivity index (χ2v) is 5.83. The van der Waals surface area contributed by atoms with E-state index in [1.165, 1.54) is 0 Å². The number of aliphatic hydroxyl groups is 1. The number of piperidine rings is 1. The zero-order valence-corrected chi connectivity index (χ0v) is 12.4. The molecule has 1 aromatic heterocycles. The molecule has 0 amide bonds. The molecule has 1 saturated heterocycles. The second-order valence-electron chi connectivity index (χ2n) is 5.83. The predicted octanol–water partition coefficient (Wildman–Crippen LogP) is 1.76. The molecule has 0 aliphatic carbocycles. The molecule has 0 saturated carbocycles. The lowest BCUT2D eigenvalue weighted by Crippen LogP contribution is -2.35. The summed E-state index contributed by atoms with van der Waals surface area (Å²) in [6.45, 7) is 2.84. The monoisotopic (exact) mass is 286 g/mol. The minimum atomic E-state index is -0.344. The molecular formula is C16H22N4O. The molecule has 1 aliphatic heterocycles. The normalized spacial score (nSPS) is 18.8. The van der Waals surface area contributed by atoms with Crippen molar-refractivity contribution in [2.75, 3.05) is 13.1 Å². The van der Waals surface area contributed by atoms with Gasteiger partial charge >= 0.3 is 0 Å². The smallest absolute Gasteiger partial charge is 0.146 e. The first-order chi connectivity index (χ1) is 10.2. The maximum Gasteiger partial charge on any atom is 0.146 e. The van der Waals surface area contributed by atoms with Crippen molar-refractivity contribution < 1.29 is 5.11 Å². The molecule has 0 bridgehead atoms. The molecule has 1 aliphatic rings. The van der Waals surface area contributed by atoms with Gasteiger partial charge in [0.1, 0.15) is 12.2 Å². The third-order valence-electron chi connectivity index (χ3n) is 4.39. The van der Waals surface area contributed by atoms with Crippen molar-refractivity contribution in [3.05, 3.63) is 48.0 Å². The zero-order valence-electron chi connectivity index (χ0n) is 12.4. The van der Waals surface area contributed by atoms with E-state index in [2.05, 4.69) is 15.1 Å². The summed E-state index contributed by atoms with van der Waals surface area (Å²) >= 11 is 0. The Bertz CT molecular complexity index is 561. The van der Waals surface area contributed by atoms with Gasteiger partial charge in [0.2, 0.25) is 0 Å². The number of hydrogen-bond acceptors (Lipinski definition) is 4. The molecule has 1 N–H and O–H groups in total. The first-order valence-corrected chi connectivity index (χ1v) is 7.52. The lowest BCUT2D eigenvalue weighted by molar-refractivity contribution is 0.0558. The van der Waals surface area contributed by atoms with Crippen LogP contribution in [0, 0.1) is 5.92 Å². The Morgan fingerprint density at radius 2 is 1.95 bits per heavy atom. The molecule has 112 valence electrons. The van der Waals surface area contributed by atoms with E-state index in [-0.39, 0.29) is 6.10 Å². The number of hydrogen-bond donors (Lipinski definition) is 1. The van der Waals surface area contributed by atoms with E-state index in [0.29, 0.717) is 5.92 Å². The second kappa shape index (κ2) is 6.37. The van der Waals surface area contributed by atoms with Gasteiger partial charge in [-0.05, 0) is 37.4 Å². The fraction of sp³-hybridized carbons (Fsp3) is 0.500. The van der Waals surface area contributed by atoms with Crippen LogP contribution in [0.5, 0.6) is 0 Å². The quantitative estimate of drug-likeness (QED) is 0.930.